The van der Waals surface area contributed by atoms with Gasteiger partial charge in [-0.05, 0) is 30.9 Å². The summed E-state index contributed by atoms with van der Waals surface area (Å²) in [6.45, 7) is 4.96. The molecule has 1 aromatic heterocycles. The lowest BCUT2D eigenvalue weighted by Gasteiger charge is -2.29. The Morgan fingerprint density at radius 3 is 2.59 bits per heavy atom. The third-order valence-electron chi connectivity index (χ3n) is 5.07. The van der Waals surface area contributed by atoms with Gasteiger partial charge in [0.15, 0.2) is 6.10 Å². The summed E-state index contributed by atoms with van der Waals surface area (Å²) in [5, 5.41) is 0. The smallest absolute Gasteiger partial charge is 0.412 e. The van der Waals surface area contributed by atoms with E-state index in [9.17, 15) is 19.2 Å². The SMILES string of the molecule is CC(=O)O[C@H](C(=O)N1CCC[C@@H]1C(=O)OCOC(=O)N(C)CCc1ccccn1)C(C)C. The van der Waals surface area contributed by atoms with Crippen molar-refractivity contribution in [2.75, 3.05) is 26.9 Å². The number of pyridine rings is 1. The number of esters is 2. The first-order chi connectivity index (χ1) is 15.2. The van der Waals surface area contributed by atoms with Gasteiger partial charge in [0.05, 0.1) is 0 Å². The van der Waals surface area contributed by atoms with Gasteiger partial charge < -0.3 is 24.0 Å². The minimum Gasteiger partial charge on any atom is -0.452 e. The number of nitrogens with zero attached hydrogens (tertiary/aromatic N) is 3. The molecule has 1 aliphatic heterocycles. The highest BCUT2D eigenvalue weighted by Crippen LogP contribution is 2.22. The average Bonchev–Trinajstić information content (AvgIpc) is 3.25. The van der Waals surface area contributed by atoms with Crippen molar-refractivity contribution in [3.05, 3.63) is 30.1 Å². The van der Waals surface area contributed by atoms with Crippen molar-refractivity contribution >= 4 is 23.9 Å². The Morgan fingerprint density at radius 2 is 1.97 bits per heavy atom. The summed E-state index contributed by atoms with van der Waals surface area (Å²) in [7, 11) is 1.57. The van der Waals surface area contributed by atoms with E-state index in [-0.39, 0.29) is 5.92 Å². The molecule has 0 saturated carbocycles. The van der Waals surface area contributed by atoms with Crippen molar-refractivity contribution in [2.45, 2.75) is 52.2 Å². The molecular formula is C22H31N3O7. The quantitative estimate of drug-likeness (QED) is 0.414. The van der Waals surface area contributed by atoms with E-state index in [1.165, 1.54) is 16.7 Å². The Morgan fingerprint density at radius 1 is 1.22 bits per heavy atom. The zero-order chi connectivity index (χ0) is 23.7. The molecule has 2 heterocycles. The Kier molecular flexibility index (Phi) is 9.42. The van der Waals surface area contributed by atoms with Crippen molar-refractivity contribution in [3.8, 4) is 0 Å². The predicted molar refractivity (Wildman–Crippen MR) is 113 cm³/mol. The lowest BCUT2D eigenvalue weighted by Crippen LogP contribution is -2.48. The number of aromatic nitrogens is 1. The molecule has 2 amide bonds. The molecule has 32 heavy (non-hydrogen) atoms. The van der Waals surface area contributed by atoms with Gasteiger partial charge in [-0.1, -0.05) is 19.9 Å². The minimum atomic E-state index is -0.966. The fourth-order valence-corrected chi connectivity index (χ4v) is 3.35. The summed E-state index contributed by atoms with van der Waals surface area (Å²) in [6.07, 6.45) is 1.68. The molecule has 0 aromatic carbocycles. The second-order valence-corrected chi connectivity index (χ2v) is 7.95. The van der Waals surface area contributed by atoms with E-state index in [1.54, 1.807) is 27.1 Å². The number of carbonyl (C=O) groups excluding carboxylic acids is 4. The molecule has 0 radical (unpaired) electrons. The molecular weight excluding hydrogens is 418 g/mol. The predicted octanol–water partition coefficient (Wildman–Crippen LogP) is 1.77. The molecule has 0 aliphatic carbocycles. The minimum absolute atomic E-state index is 0.244. The van der Waals surface area contributed by atoms with Crippen LogP contribution in [-0.4, -0.2) is 77.8 Å². The van der Waals surface area contributed by atoms with Crippen LogP contribution in [0, 0.1) is 5.92 Å². The zero-order valence-corrected chi connectivity index (χ0v) is 19.0. The Balaban J connectivity index is 1.81. The van der Waals surface area contributed by atoms with Crippen LogP contribution in [0.3, 0.4) is 0 Å². The maximum atomic E-state index is 12.8. The number of amides is 2. The monoisotopic (exact) mass is 449 g/mol. The van der Waals surface area contributed by atoms with E-state index in [4.69, 9.17) is 14.2 Å². The van der Waals surface area contributed by atoms with Gasteiger partial charge in [0, 0.05) is 45.4 Å². The van der Waals surface area contributed by atoms with Gasteiger partial charge in [-0.3, -0.25) is 14.6 Å². The second-order valence-electron chi connectivity index (χ2n) is 7.95. The van der Waals surface area contributed by atoms with Crippen molar-refractivity contribution in [2.24, 2.45) is 5.92 Å². The van der Waals surface area contributed by atoms with E-state index >= 15 is 0 Å². The topological polar surface area (TPSA) is 115 Å². The molecule has 1 aliphatic rings. The second kappa shape index (κ2) is 12.0. The fourth-order valence-electron chi connectivity index (χ4n) is 3.35. The Bertz CT molecular complexity index is 800. The molecule has 10 heteroatoms. The van der Waals surface area contributed by atoms with E-state index in [0.717, 1.165) is 5.69 Å². The van der Waals surface area contributed by atoms with Crippen molar-refractivity contribution < 1.29 is 33.4 Å². The van der Waals surface area contributed by atoms with Crippen LogP contribution >= 0.6 is 0 Å². The maximum Gasteiger partial charge on any atom is 0.412 e. The summed E-state index contributed by atoms with van der Waals surface area (Å²) in [5.74, 6) is -1.90. The largest absolute Gasteiger partial charge is 0.452 e. The van der Waals surface area contributed by atoms with Crippen LogP contribution in [0.15, 0.2) is 24.4 Å². The first kappa shape index (κ1) is 25.1. The summed E-state index contributed by atoms with van der Waals surface area (Å²) < 4.78 is 15.2. The van der Waals surface area contributed by atoms with Crippen LogP contribution in [0.25, 0.3) is 0 Å². The van der Waals surface area contributed by atoms with Gasteiger partial charge in [0.25, 0.3) is 5.91 Å². The molecule has 0 unspecified atom stereocenters. The third-order valence-corrected chi connectivity index (χ3v) is 5.07. The van der Waals surface area contributed by atoms with Gasteiger partial charge in [0.1, 0.15) is 6.04 Å². The molecule has 1 fully saturated rings. The van der Waals surface area contributed by atoms with Gasteiger partial charge >= 0.3 is 18.0 Å². The number of ether oxygens (including phenoxy) is 3. The number of likely N-dealkylation sites (N-methyl/N-ethyl adjacent to an activating group) is 1. The normalized spacial score (nSPS) is 16.4. The lowest BCUT2D eigenvalue weighted by atomic mass is 10.1. The molecule has 2 atom stereocenters. The highest BCUT2D eigenvalue weighted by atomic mass is 16.7. The Hall–Kier alpha value is -3.17. The number of rotatable bonds is 9. The van der Waals surface area contributed by atoms with Crippen LogP contribution in [0.4, 0.5) is 4.79 Å². The summed E-state index contributed by atoms with van der Waals surface area (Å²) in [4.78, 5) is 55.7. The van der Waals surface area contributed by atoms with Gasteiger partial charge in [-0.2, -0.15) is 0 Å². The summed E-state index contributed by atoms with van der Waals surface area (Å²) >= 11 is 0. The number of hydrogen-bond acceptors (Lipinski definition) is 8. The van der Waals surface area contributed by atoms with Gasteiger partial charge in [-0.15, -0.1) is 0 Å². The van der Waals surface area contributed by atoms with Crippen LogP contribution in [0.1, 0.15) is 39.3 Å². The average molecular weight is 450 g/mol. The van der Waals surface area contributed by atoms with Gasteiger partial charge in [0.2, 0.25) is 6.79 Å². The van der Waals surface area contributed by atoms with E-state index in [2.05, 4.69) is 4.98 Å². The fraction of sp³-hybridized carbons (Fsp3) is 0.591. The molecule has 1 saturated heterocycles. The highest BCUT2D eigenvalue weighted by molar-refractivity contribution is 5.89. The van der Waals surface area contributed by atoms with Crippen LogP contribution in [-0.2, 0) is 35.0 Å². The van der Waals surface area contributed by atoms with Crippen LogP contribution in [0.5, 0.6) is 0 Å². The van der Waals surface area contributed by atoms with Crippen LogP contribution < -0.4 is 0 Å². The van der Waals surface area contributed by atoms with Crippen LogP contribution in [0.2, 0.25) is 0 Å². The molecule has 1 aromatic rings. The number of hydrogen-bond donors (Lipinski definition) is 0. The molecule has 0 spiro atoms. The lowest BCUT2D eigenvalue weighted by molar-refractivity contribution is -0.168. The van der Waals surface area contributed by atoms with E-state index in [1.807, 2.05) is 18.2 Å². The number of carbonyl (C=O) groups is 4. The van der Waals surface area contributed by atoms with Crippen molar-refractivity contribution in [1.82, 2.24) is 14.8 Å². The molecule has 0 N–H and O–H groups in total. The summed E-state index contributed by atoms with van der Waals surface area (Å²) in [5.41, 5.74) is 0.845. The van der Waals surface area contributed by atoms with Gasteiger partial charge in [-0.25, -0.2) is 9.59 Å². The van der Waals surface area contributed by atoms with Crippen molar-refractivity contribution in [1.29, 1.82) is 0 Å². The Labute approximate surface area is 187 Å². The zero-order valence-electron chi connectivity index (χ0n) is 19.0. The maximum absolute atomic E-state index is 12.8. The van der Waals surface area contributed by atoms with Crippen molar-refractivity contribution in [3.63, 3.8) is 0 Å². The molecule has 10 nitrogen and oxygen atoms in total. The number of likely N-dealkylation sites (tertiary alicyclic amines) is 1. The molecule has 2 rings (SSSR count). The first-order valence-electron chi connectivity index (χ1n) is 10.6. The standard InChI is InChI=1S/C22H31N3O7/c1-15(2)19(32-16(3)26)20(27)25-12-7-9-18(25)21(28)30-14-31-22(29)24(4)13-10-17-8-5-6-11-23-17/h5-6,8,11,15,18-19H,7,9-10,12-14H2,1-4H3/t18-,19+/m1/s1. The summed E-state index contributed by atoms with van der Waals surface area (Å²) in [6, 6.07) is 4.74. The van der Waals surface area contributed by atoms with E-state index in [0.29, 0.717) is 32.4 Å². The molecule has 176 valence electrons. The molecule has 0 bridgehead atoms. The van der Waals surface area contributed by atoms with E-state index < -0.39 is 42.9 Å². The highest BCUT2D eigenvalue weighted by Gasteiger charge is 2.40. The third kappa shape index (κ3) is 7.21. The first-order valence-corrected chi connectivity index (χ1v) is 10.6.